The Morgan fingerprint density at radius 2 is 2.00 bits per heavy atom. The lowest BCUT2D eigenvalue weighted by molar-refractivity contribution is -0.137. The Balaban J connectivity index is 1.32. The maximum Gasteiger partial charge on any atom is 0.417 e. The quantitative estimate of drug-likeness (QED) is 0.239. The zero-order chi connectivity index (χ0) is 35.3. The first-order chi connectivity index (χ1) is 23.8. The molecule has 4 saturated heterocycles. The van der Waals surface area contributed by atoms with E-state index in [0.29, 0.717) is 37.3 Å². The third-order valence-electron chi connectivity index (χ3n) is 10.6. The maximum absolute atomic E-state index is 17.1. The average Bonchev–Trinajstić information content (AvgIpc) is 3.79. The van der Waals surface area contributed by atoms with Gasteiger partial charge in [0.1, 0.15) is 41.0 Å². The van der Waals surface area contributed by atoms with E-state index in [2.05, 4.69) is 9.97 Å². The molecule has 0 radical (unpaired) electrons. The van der Waals surface area contributed by atoms with Gasteiger partial charge in [-0.1, -0.05) is 6.07 Å². The van der Waals surface area contributed by atoms with Gasteiger partial charge in [-0.2, -0.15) is 28.4 Å². The SMILES string of the molecule is COC(=O)N1CC[C@H]2[C@@H]1CN2c1nc(OC[C@@]23CCCN2C[C@H](F)C3)nc2c(F)c(-c3ccc(F)c4sc(N)c(C#N)c34)c(C(F)(F)F)cc12. The van der Waals surface area contributed by atoms with Crippen LogP contribution in [0.15, 0.2) is 18.2 Å². The molecule has 1 amide bonds. The maximum atomic E-state index is 17.1. The van der Waals surface area contributed by atoms with Crippen LogP contribution in [0.5, 0.6) is 6.01 Å². The second kappa shape index (κ2) is 11.5. The molecule has 4 aliphatic heterocycles. The number of thiophene rings is 1. The lowest BCUT2D eigenvalue weighted by Crippen LogP contribution is -2.63. The second-order valence-electron chi connectivity index (χ2n) is 13.2. The van der Waals surface area contributed by atoms with E-state index >= 15 is 4.39 Å². The fraction of sp³-hybridized carbons (Fsp3) is 0.455. The summed E-state index contributed by atoms with van der Waals surface area (Å²) in [6.07, 6.45) is -4.54. The number of amides is 1. The van der Waals surface area contributed by atoms with Gasteiger partial charge < -0.3 is 25.0 Å². The van der Waals surface area contributed by atoms with Crippen molar-refractivity contribution >= 4 is 49.2 Å². The molecule has 2 aromatic carbocycles. The van der Waals surface area contributed by atoms with Crippen LogP contribution in [0.1, 0.15) is 36.8 Å². The van der Waals surface area contributed by atoms with Crippen LogP contribution in [0.2, 0.25) is 0 Å². The van der Waals surface area contributed by atoms with E-state index in [1.54, 1.807) is 4.90 Å². The minimum absolute atomic E-state index is 0.0199. The molecular formula is C33H29F6N7O3S. The summed E-state index contributed by atoms with van der Waals surface area (Å²) in [5.41, 5.74) is 1.86. The Morgan fingerprint density at radius 3 is 2.74 bits per heavy atom. The molecule has 8 rings (SSSR count). The van der Waals surface area contributed by atoms with E-state index in [1.807, 2.05) is 11.0 Å². The number of nitriles is 1. The molecule has 4 atom stereocenters. The summed E-state index contributed by atoms with van der Waals surface area (Å²) in [6.45, 7) is 1.43. The number of alkyl halides is 4. The van der Waals surface area contributed by atoms with Crippen molar-refractivity contribution in [2.24, 2.45) is 0 Å². The van der Waals surface area contributed by atoms with Gasteiger partial charge in [0.15, 0.2) is 5.82 Å². The van der Waals surface area contributed by atoms with Crippen molar-refractivity contribution in [3.63, 3.8) is 0 Å². The van der Waals surface area contributed by atoms with Crippen LogP contribution in [0.3, 0.4) is 0 Å². The molecular weight excluding hydrogens is 688 g/mol. The average molecular weight is 718 g/mol. The molecule has 6 heterocycles. The minimum Gasteiger partial charge on any atom is -0.461 e. The Kier molecular flexibility index (Phi) is 7.50. The molecule has 262 valence electrons. The molecule has 0 spiro atoms. The van der Waals surface area contributed by atoms with Crippen LogP contribution in [0, 0.1) is 23.0 Å². The zero-order valence-corrected chi connectivity index (χ0v) is 27.3. The van der Waals surface area contributed by atoms with Crippen molar-refractivity contribution in [2.75, 3.05) is 50.5 Å². The molecule has 50 heavy (non-hydrogen) atoms. The highest BCUT2D eigenvalue weighted by molar-refractivity contribution is 7.23. The number of nitrogens with zero attached hydrogens (tertiary/aromatic N) is 6. The lowest BCUT2D eigenvalue weighted by Gasteiger charge is -2.47. The normalized spacial score (nSPS) is 24.8. The minimum atomic E-state index is -5.12. The number of carbonyl (C=O) groups is 1. The fourth-order valence-corrected chi connectivity index (χ4v) is 9.27. The first-order valence-electron chi connectivity index (χ1n) is 16.0. The molecule has 10 nitrogen and oxygen atoms in total. The number of carbonyl (C=O) groups excluding carboxylic acids is 1. The molecule has 0 saturated carbocycles. The predicted molar refractivity (Wildman–Crippen MR) is 172 cm³/mol. The number of ether oxygens (including phenoxy) is 2. The first kappa shape index (κ1) is 32.6. The number of nitrogens with two attached hydrogens (primary N) is 1. The van der Waals surface area contributed by atoms with Gasteiger partial charge in [0.2, 0.25) is 0 Å². The van der Waals surface area contributed by atoms with Crippen molar-refractivity contribution in [1.82, 2.24) is 19.8 Å². The van der Waals surface area contributed by atoms with E-state index < -0.39 is 52.3 Å². The van der Waals surface area contributed by atoms with Crippen LogP contribution in [-0.4, -0.2) is 89.6 Å². The van der Waals surface area contributed by atoms with Gasteiger partial charge in [-0.15, -0.1) is 11.3 Å². The van der Waals surface area contributed by atoms with Gasteiger partial charge in [0.25, 0.3) is 0 Å². The zero-order valence-electron chi connectivity index (χ0n) is 26.5. The Bertz CT molecular complexity index is 2120. The smallest absolute Gasteiger partial charge is 0.417 e. The molecule has 0 unspecified atom stereocenters. The number of hydrogen-bond acceptors (Lipinski definition) is 10. The van der Waals surface area contributed by atoms with Crippen molar-refractivity contribution in [1.29, 1.82) is 5.26 Å². The highest BCUT2D eigenvalue weighted by Crippen LogP contribution is 2.49. The summed E-state index contributed by atoms with van der Waals surface area (Å²) < 4.78 is 102. The van der Waals surface area contributed by atoms with E-state index in [1.165, 1.54) is 12.0 Å². The van der Waals surface area contributed by atoms with Gasteiger partial charge in [0, 0.05) is 42.4 Å². The first-order valence-corrected chi connectivity index (χ1v) is 16.8. The predicted octanol–water partition coefficient (Wildman–Crippen LogP) is 6.25. The molecule has 4 aromatic rings. The topological polar surface area (TPSA) is 121 Å². The number of likely N-dealkylation sites (tertiary alicyclic amines) is 1. The number of aromatic nitrogens is 2. The largest absolute Gasteiger partial charge is 0.461 e. The Morgan fingerprint density at radius 1 is 1.20 bits per heavy atom. The number of benzene rings is 2. The highest BCUT2D eigenvalue weighted by atomic mass is 32.1. The third kappa shape index (κ3) is 4.82. The van der Waals surface area contributed by atoms with E-state index in [-0.39, 0.29) is 81.6 Å². The van der Waals surface area contributed by atoms with Crippen LogP contribution in [-0.2, 0) is 10.9 Å². The number of anilines is 2. The Labute approximate surface area is 285 Å². The number of halogens is 6. The number of nitrogen functional groups attached to an aromatic ring is 1. The number of hydrogen-bond donors (Lipinski definition) is 1. The third-order valence-corrected chi connectivity index (χ3v) is 11.6. The molecule has 4 fully saturated rings. The van der Waals surface area contributed by atoms with Crippen LogP contribution in [0.25, 0.3) is 32.1 Å². The van der Waals surface area contributed by atoms with E-state index in [4.69, 9.17) is 15.2 Å². The molecule has 2 aromatic heterocycles. The molecule has 0 bridgehead atoms. The molecule has 0 aliphatic carbocycles. The number of methoxy groups -OCH3 is 1. The summed E-state index contributed by atoms with van der Waals surface area (Å²) in [5.74, 6) is -2.23. The van der Waals surface area contributed by atoms with Crippen LogP contribution < -0.4 is 15.4 Å². The standard InChI is InChI=1S/C33H29F6N7O3S/c1-48-31(47)45-8-5-21-22(45)13-46(21)29-17-9-19(33(37,38)39)24(16-3-4-20(35)27-23(16)18(11-40)28(41)50-27)25(36)26(17)42-30(43-29)49-14-32-6-2-7-44(32)12-15(34)10-32/h3-4,9,15,21-22H,2,5-8,10,12-14,41H2,1H3/t15-,21+,22+,32+/m1/s1. The van der Waals surface area contributed by atoms with E-state index in [9.17, 15) is 32.0 Å². The van der Waals surface area contributed by atoms with Crippen molar-refractivity contribution in [2.45, 2.75) is 55.7 Å². The summed E-state index contributed by atoms with van der Waals surface area (Å²) in [7, 11) is 1.26. The molecule has 17 heteroatoms. The van der Waals surface area contributed by atoms with Gasteiger partial charge >= 0.3 is 18.3 Å². The lowest BCUT2D eigenvalue weighted by atomic mass is 9.91. The summed E-state index contributed by atoms with van der Waals surface area (Å²) >= 11 is 0.676. The molecule has 2 N–H and O–H groups in total. The number of fused-ring (bicyclic) bond motifs is 4. The van der Waals surface area contributed by atoms with Crippen LogP contribution in [0.4, 0.5) is 42.0 Å². The van der Waals surface area contributed by atoms with Crippen molar-refractivity contribution in [3.8, 4) is 23.2 Å². The second-order valence-corrected chi connectivity index (χ2v) is 14.2. The van der Waals surface area contributed by atoms with Crippen molar-refractivity contribution in [3.05, 3.63) is 41.0 Å². The number of rotatable bonds is 5. The van der Waals surface area contributed by atoms with E-state index in [0.717, 1.165) is 24.6 Å². The molecule has 4 aliphatic rings. The Hall–Kier alpha value is -4.56. The van der Waals surface area contributed by atoms with Crippen LogP contribution >= 0.6 is 11.3 Å². The van der Waals surface area contributed by atoms with Gasteiger partial charge in [-0.25, -0.2) is 18.0 Å². The van der Waals surface area contributed by atoms with Gasteiger partial charge in [-0.3, -0.25) is 4.90 Å². The monoisotopic (exact) mass is 717 g/mol. The van der Waals surface area contributed by atoms with Gasteiger partial charge in [0.05, 0.1) is 40.6 Å². The summed E-state index contributed by atoms with van der Waals surface area (Å²) in [4.78, 5) is 26.4. The summed E-state index contributed by atoms with van der Waals surface area (Å²) in [5, 5.41) is 9.19. The fourth-order valence-electron chi connectivity index (χ4n) is 8.33. The van der Waals surface area contributed by atoms with Gasteiger partial charge in [-0.05, 0) is 43.5 Å². The van der Waals surface area contributed by atoms with Crippen molar-refractivity contribution < 1.29 is 40.6 Å². The summed E-state index contributed by atoms with van der Waals surface area (Å²) in [6, 6.07) is 3.49. The highest BCUT2D eigenvalue weighted by Gasteiger charge is 2.52.